The molecule has 0 fully saturated rings. The van der Waals surface area contributed by atoms with E-state index in [2.05, 4.69) is 10.6 Å². The summed E-state index contributed by atoms with van der Waals surface area (Å²) in [5, 5.41) is 25.7. The second-order valence-corrected chi connectivity index (χ2v) is 5.92. The molecule has 2 aromatic rings. The zero-order valence-electron chi connectivity index (χ0n) is 16.1. The predicted molar refractivity (Wildman–Crippen MR) is 107 cm³/mol. The van der Waals surface area contributed by atoms with Gasteiger partial charge in [-0.15, -0.1) is 0 Å². The molecule has 0 saturated heterocycles. The third-order valence-corrected chi connectivity index (χ3v) is 4.09. The number of nitro groups is 1. The van der Waals surface area contributed by atoms with E-state index < -0.39 is 10.8 Å². The highest BCUT2D eigenvalue weighted by atomic mass is 16.6. The summed E-state index contributed by atoms with van der Waals surface area (Å²) in [6.07, 6.45) is 1.18. The van der Waals surface area contributed by atoms with Crippen LogP contribution in [0.3, 0.4) is 0 Å². The molecule has 2 rings (SSSR count). The van der Waals surface area contributed by atoms with Crippen molar-refractivity contribution in [2.45, 2.75) is 13.0 Å². The highest BCUT2D eigenvalue weighted by Crippen LogP contribution is 2.29. The van der Waals surface area contributed by atoms with Crippen LogP contribution < -0.4 is 20.1 Å². The fraction of sp³-hybridized carbons (Fsp3) is 0.200. The zero-order valence-corrected chi connectivity index (χ0v) is 16.1. The first-order chi connectivity index (χ1) is 13.9. The molecule has 0 bridgehead atoms. The molecule has 0 spiro atoms. The molecule has 1 atom stereocenters. The number of nitriles is 1. The Hall–Kier alpha value is -4.06. The Morgan fingerprint density at radius 3 is 2.45 bits per heavy atom. The van der Waals surface area contributed by atoms with Crippen LogP contribution in [-0.4, -0.2) is 25.1 Å². The number of nitrogens with one attached hydrogen (secondary N) is 2. The van der Waals surface area contributed by atoms with Gasteiger partial charge < -0.3 is 20.1 Å². The van der Waals surface area contributed by atoms with Crippen LogP contribution in [0.5, 0.6) is 11.5 Å². The SMILES string of the molecule is COc1ccc(C(C)NC(=O)/C(C#N)=C\Nc2cc([N+](=O)[O-])ccc2OC)cc1. The quantitative estimate of drug-likeness (QED) is 0.303. The molecular formula is C20H20N4O5. The molecular weight excluding hydrogens is 376 g/mol. The van der Waals surface area contributed by atoms with Crippen LogP contribution in [0.4, 0.5) is 11.4 Å². The molecule has 0 aliphatic rings. The van der Waals surface area contributed by atoms with Crippen LogP contribution in [0.25, 0.3) is 0 Å². The number of hydrogen-bond acceptors (Lipinski definition) is 7. The summed E-state index contributed by atoms with van der Waals surface area (Å²) in [4.78, 5) is 22.8. The monoisotopic (exact) mass is 396 g/mol. The second-order valence-electron chi connectivity index (χ2n) is 5.92. The van der Waals surface area contributed by atoms with Crippen molar-refractivity contribution in [3.8, 4) is 17.6 Å². The maximum absolute atomic E-state index is 12.4. The van der Waals surface area contributed by atoms with Gasteiger partial charge in [0.2, 0.25) is 0 Å². The van der Waals surface area contributed by atoms with Gasteiger partial charge in [-0.25, -0.2) is 0 Å². The molecule has 150 valence electrons. The lowest BCUT2D eigenvalue weighted by Crippen LogP contribution is -2.28. The first-order valence-electron chi connectivity index (χ1n) is 8.53. The van der Waals surface area contributed by atoms with Crippen molar-refractivity contribution in [3.63, 3.8) is 0 Å². The first-order valence-corrected chi connectivity index (χ1v) is 8.53. The maximum Gasteiger partial charge on any atom is 0.271 e. The average molecular weight is 396 g/mol. The Kier molecular flexibility index (Phi) is 7.14. The largest absolute Gasteiger partial charge is 0.497 e. The van der Waals surface area contributed by atoms with Gasteiger partial charge in [0.15, 0.2) is 0 Å². The predicted octanol–water partition coefficient (Wildman–Crippen LogP) is 3.31. The fourth-order valence-corrected chi connectivity index (χ4v) is 2.47. The number of rotatable bonds is 8. The topological polar surface area (TPSA) is 127 Å². The number of carbonyl (C=O) groups excluding carboxylic acids is 1. The minimum absolute atomic E-state index is 0.155. The van der Waals surface area contributed by atoms with E-state index in [1.807, 2.05) is 18.2 Å². The van der Waals surface area contributed by atoms with Gasteiger partial charge in [0.1, 0.15) is 23.1 Å². The summed E-state index contributed by atoms with van der Waals surface area (Å²) in [5.41, 5.74) is 0.743. The van der Waals surface area contributed by atoms with Gasteiger partial charge in [-0.1, -0.05) is 12.1 Å². The lowest BCUT2D eigenvalue weighted by atomic mass is 10.1. The summed E-state index contributed by atoms with van der Waals surface area (Å²) in [6, 6.07) is 12.6. The third kappa shape index (κ3) is 5.46. The van der Waals surface area contributed by atoms with Gasteiger partial charge >= 0.3 is 0 Å². The normalized spacial score (nSPS) is 11.7. The van der Waals surface area contributed by atoms with Crippen LogP contribution in [-0.2, 0) is 4.79 Å². The number of nitro benzene ring substituents is 1. The highest BCUT2D eigenvalue weighted by molar-refractivity contribution is 5.97. The molecule has 2 aromatic carbocycles. The first kappa shape index (κ1) is 21.2. The molecule has 0 aliphatic heterocycles. The molecule has 9 heteroatoms. The Labute approximate surface area is 167 Å². The number of benzene rings is 2. The number of anilines is 1. The Morgan fingerprint density at radius 2 is 1.90 bits per heavy atom. The fourth-order valence-electron chi connectivity index (χ4n) is 2.47. The number of methoxy groups -OCH3 is 2. The van der Waals surface area contributed by atoms with E-state index in [1.54, 1.807) is 26.2 Å². The van der Waals surface area contributed by atoms with Crippen molar-refractivity contribution in [1.82, 2.24) is 5.32 Å². The lowest BCUT2D eigenvalue weighted by Gasteiger charge is -2.14. The number of amides is 1. The third-order valence-electron chi connectivity index (χ3n) is 4.09. The van der Waals surface area contributed by atoms with E-state index in [-0.39, 0.29) is 23.0 Å². The minimum atomic E-state index is -0.590. The van der Waals surface area contributed by atoms with Gasteiger partial charge in [0.05, 0.1) is 30.9 Å². The van der Waals surface area contributed by atoms with Crippen molar-refractivity contribution in [1.29, 1.82) is 5.26 Å². The molecule has 0 aliphatic carbocycles. The summed E-state index contributed by atoms with van der Waals surface area (Å²) in [7, 11) is 2.97. The van der Waals surface area contributed by atoms with E-state index in [9.17, 15) is 20.2 Å². The summed E-state index contributed by atoms with van der Waals surface area (Å²) < 4.78 is 10.2. The molecule has 29 heavy (non-hydrogen) atoms. The van der Waals surface area contributed by atoms with Crippen LogP contribution in [0.1, 0.15) is 18.5 Å². The second kappa shape index (κ2) is 9.75. The van der Waals surface area contributed by atoms with E-state index in [1.165, 1.54) is 31.5 Å². The van der Waals surface area contributed by atoms with E-state index >= 15 is 0 Å². The van der Waals surface area contributed by atoms with Crippen LogP contribution in [0.2, 0.25) is 0 Å². The van der Waals surface area contributed by atoms with E-state index in [4.69, 9.17) is 9.47 Å². The lowest BCUT2D eigenvalue weighted by molar-refractivity contribution is -0.384. The van der Waals surface area contributed by atoms with Crippen molar-refractivity contribution >= 4 is 17.3 Å². The van der Waals surface area contributed by atoms with Gasteiger partial charge in [-0.3, -0.25) is 14.9 Å². The maximum atomic E-state index is 12.4. The van der Waals surface area contributed by atoms with Crippen molar-refractivity contribution in [2.24, 2.45) is 0 Å². The van der Waals surface area contributed by atoms with Gasteiger partial charge in [-0.05, 0) is 30.7 Å². The minimum Gasteiger partial charge on any atom is -0.497 e. The number of hydrogen-bond donors (Lipinski definition) is 2. The molecule has 2 N–H and O–H groups in total. The summed E-state index contributed by atoms with van der Waals surface area (Å²) in [6.45, 7) is 1.78. The van der Waals surface area contributed by atoms with Gasteiger partial charge in [0, 0.05) is 18.3 Å². The Balaban J connectivity index is 2.14. The van der Waals surface area contributed by atoms with Crippen molar-refractivity contribution < 1.29 is 19.2 Å². The standard InChI is InChI=1S/C20H20N4O5/c1-13(14-4-7-17(28-2)8-5-14)23-20(25)15(11-21)12-22-18-10-16(24(26)27)6-9-19(18)29-3/h4-10,12-13,22H,1-3H3,(H,23,25)/b15-12-. The molecule has 0 saturated carbocycles. The average Bonchev–Trinajstić information content (AvgIpc) is 2.73. The number of ether oxygens (including phenoxy) is 2. The van der Waals surface area contributed by atoms with E-state index in [0.29, 0.717) is 11.5 Å². The van der Waals surface area contributed by atoms with Crippen LogP contribution in [0, 0.1) is 21.4 Å². The summed E-state index contributed by atoms with van der Waals surface area (Å²) in [5.74, 6) is 0.434. The molecule has 1 amide bonds. The number of non-ortho nitro benzene ring substituents is 1. The zero-order chi connectivity index (χ0) is 21.4. The van der Waals surface area contributed by atoms with Crippen molar-refractivity contribution in [2.75, 3.05) is 19.5 Å². The van der Waals surface area contributed by atoms with Crippen LogP contribution >= 0.6 is 0 Å². The molecule has 1 unspecified atom stereocenters. The van der Waals surface area contributed by atoms with E-state index in [0.717, 1.165) is 5.56 Å². The Bertz CT molecular complexity index is 964. The summed E-state index contributed by atoms with van der Waals surface area (Å²) >= 11 is 0. The molecule has 0 heterocycles. The number of carbonyl (C=O) groups is 1. The van der Waals surface area contributed by atoms with Gasteiger partial charge in [0.25, 0.3) is 11.6 Å². The number of nitrogens with zero attached hydrogens (tertiary/aromatic N) is 2. The Morgan fingerprint density at radius 1 is 1.21 bits per heavy atom. The molecule has 0 radical (unpaired) electrons. The van der Waals surface area contributed by atoms with Gasteiger partial charge in [-0.2, -0.15) is 5.26 Å². The van der Waals surface area contributed by atoms with Crippen LogP contribution in [0.15, 0.2) is 54.2 Å². The molecule has 9 nitrogen and oxygen atoms in total. The highest BCUT2D eigenvalue weighted by Gasteiger charge is 2.15. The molecule has 0 aromatic heterocycles. The smallest absolute Gasteiger partial charge is 0.271 e. The van der Waals surface area contributed by atoms with Crippen molar-refractivity contribution in [3.05, 3.63) is 69.9 Å².